The maximum Gasteiger partial charge on any atom is 0.243 e. The molecule has 0 spiro atoms. The van der Waals surface area contributed by atoms with Gasteiger partial charge in [-0.25, -0.2) is 8.42 Å². The molecule has 0 unspecified atom stereocenters. The largest absolute Gasteiger partial charge is 0.374 e. The summed E-state index contributed by atoms with van der Waals surface area (Å²) < 4.78 is 32.2. The van der Waals surface area contributed by atoms with Crippen LogP contribution >= 0.6 is 11.6 Å². The Morgan fingerprint density at radius 1 is 1.20 bits per heavy atom. The van der Waals surface area contributed by atoms with E-state index >= 15 is 0 Å². The molecule has 25 heavy (non-hydrogen) atoms. The summed E-state index contributed by atoms with van der Waals surface area (Å²) in [7, 11) is -2.27. The van der Waals surface area contributed by atoms with Gasteiger partial charge in [-0.3, -0.25) is 4.79 Å². The number of fused-ring (bicyclic) bond motifs is 5. The molecule has 3 aliphatic rings. The Kier molecular flexibility index (Phi) is 4.30. The Balaban J connectivity index is 1.41. The molecule has 0 radical (unpaired) electrons. The Morgan fingerprint density at radius 3 is 2.32 bits per heavy atom. The molecule has 4 atom stereocenters. The highest BCUT2D eigenvalue weighted by atomic mass is 35.5. The van der Waals surface area contributed by atoms with Crippen molar-refractivity contribution in [3.8, 4) is 0 Å². The van der Waals surface area contributed by atoms with Crippen LogP contribution in [0.1, 0.15) is 12.8 Å². The first-order valence-electron chi connectivity index (χ1n) is 8.51. The lowest BCUT2D eigenvalue weighted by atomic mass is 9.82. The summed E-state index contributed by atoms with van der Waals surface area (Å²) in [6.07, 6.45) is 2.73. The fourth-order valence-electron chi connectivity index (χ4n) is 4.33. The van der Waals surface area contributed by atoms with Crippen molar-refractivity contribution in [2.24, 2.45) is 11.8 Å². The third-order valence-electron chi connectivity index (χ3n) is 5.69. The molecule has 1 aromatic carbocycles. The molecule has 0 aliphatic carbocycles. The maximum absolute atomic E-state index is 12.6. The second kappa shape index (κ2) is 6.23. The van der Waals surface area contributed by atoms with Crippen molar-refractivity contribution in [3.05, 3.63) is 29.3 Å². The lowest BCUT2D eigenvalue weighted by molar-refractivity contribution is -0.130. The molecule has 0 aromatic heterocycles. The van der Waals surface area contributed by atoms with Gasteiger partial charge in [-0.05, 0) is 37.1 Å². The van der Waals surface area contributed by atoms with Crippen LogP contribution in [-0.2, 0) is 19.6 Å². The standard InChI is InChI=1S/C17H21ClN2O4S/c1-19(25(22,23)12-4-2-11(18)3-5-12)10-17(21)20-8-13-14(9-20)16-7-6-15(13)24-16/h2-5,13-16H,6-10H2,1H3/t13-,14-,15-,16-/m1/s1. The van der Waals surface area contributed by atoms with Gasteiger partial charge in [0.25, 0.3) is 0 Å². The molecule has 0 N–H and O–H groups in total. The van der Waals surface area contributed by atoms with Crippen molar-refractivity contribution in [1.82, 2.24) is 9.21 Å². The van der Waals surface area contributed by atoms with E-state index in [1.807, 2.05) is 0 Å². The quantitative estimate of drug-likeness (QED) is 0.790. The molecule has 0 saturated carbocycles. The van der Waals surface area contributed by atoms with Crippen LogP contribution in [0.3, 0.4) is 0 Å². The van der Waals surface area contributed by atoms with Gasteiger partial charge in [-0.2, -0.15) is 4.31 Å². The molecule has 6 nitrogen and oxygen atoms in total. The minimum Gasteiger partial charge on any atom is -0.374 e. The first-order valence-corrected chi connectivity index (χ1v) is 10.3. The number of carbonyl (C=O) groups is 1. The highest BCUT2D eigenvalue weighted by molar-refractivity contribution is 7.89. The van der Waals surface area contributed by atoms with Crippen molar-refractivity contribution in [2.45, 2.75) is 29.9 Å². The molecule has 3 aliphatic heterocycles. The van der Waals surface area contributed by atoms with Crippen molar-refractivity contribution in [2.75, 3.05) is 26.7 Å². The van der Waals surface area contributed by atoms with Crippen LogP contribution in [0.4, 0.5) is 0 Å². The number of hydrogen-bond donors (Lipinski definition) is 0. The number of rotatable bonds is 4. The highest BCUT2D eigenvalue weighted by Gasteiger charge is 2.53. The van der Waals surface area contributed by atoms with E-state index in [4.69, 9.17) is 16.3 Å². The lowest BCUT2D eigenvalue weighted by Crippen LogP contribution is -2.41. The first kappa shape index (κ1) is 17.3. The maximum atomic E-state index is 12.6. The average Bonchev–Trinajstić information content (AvgIpc) is 3.28. The smallest absolute Gasteiger partial charge is 0.243 e. The summed E-state index contributed by atoms with van der Waals surface area (Å²) in [4.78, 5) is 14.5. The van der Waals surface area contributed by atoms with Gasteiger partial charge in [0.2, 0.25) is 15.9 Å². The lowest BCUT2D eigenvalue weighted by Gasteiger charge is -2.23. The summed E-state index contributed by atoms with van der Waals surface area (Å²) in [5, 5.41) is 0.470. The number of likely N-dealkylation sites (tertiary alicyclic amines) is 1. The molecule has 3 saturated heterocycles. The van der Waals surface area contributed by atoms with Crippen molar-refractivity contribution in [3.63, 3.8) is 0 Å². The van der Waals surface area contributed by atoms with Crippen LogP contribution in [0.15, 0.2) is 29.2 Å². The zero-order valence-corrected chi connectivity index (χ0v) is 15.5. The molecule has 4 rings (SSSR count). The number of ether oxygens (including phenoxy) is 1. The highest BCUT2D eigenvalue weighted by Crippen LogP contribution is 2.47. The summed E-state index contributed by atoms with van der Waals surface area (Å²) in [5.74, 6) is 0.690. The van der Waals surface area contributed by atoms with Crippen LogP contribution in [0.25, 0.3) is 0 Å². The van der Waals surface area contributed by atoms with E-state index in [0.29, 0.717) is 29.9 Å². The van der Waals surface area contributed by atoms with Gasteiger partial charge >= 0.3 is 0 Å². The molecular formula is C17H21ClN2O4S. The number of sulfonamides is 1. The van der Waals surface area contributed by atoms with E-state index in [-0.39, 0.29) is 29.6 Å². The third kappa shape index (κ3) is 2.97. The molecule has 8 heteroatoms. The predicted octanol–water partition coefficient (Wildman–Crippen LogP) is 1.60. The SMILES string of the molecule is CN(CC(=O)N1C[C@@H]2[C@@H](C1)[C@H]1CC[C@H]2O1)S(=O)(=O)c1ccc(Cl)cc1. The van der Waals surface area contributed by atoms with Crippen LogP contribution in [-0.4, -0.2) is 62.4 Å². The fourth-order valence-corrected chi connectivity index (χ4v) is 5.57. The van der Waals surface area contributed by atoms with Gasteiger partial charge in [0, 0.05) is 37.0 Å². The second-order valence-electron chi connectivity index (χ2n) is 7.13. The first-order chi connectivity index (χ1) is 11.9. The topological polar surface area (TPSA) is 66.9 Å². The molecule has 3 fully saturated rings. The number of carbonyl (C=O) groups excluding carboxylic acids is 1. The van der Waals surface area contributed by atoms with Gasteiger partial charge in [0.15, 0.2) is 0 Å². The number of amides is 1. The van der Waals surface area contributed by atoms with Crippen LogP contribution < -0.4 is 0 Å². The Bertz CT molecular complexity index is 764. The molecular weight excluding hydrogens is 364 g/mol. The zero-order chi connectivity index (χ0) is 17.8. The second-order valence-corrected chi connectivity index (χ2v) is 9.61. The van der Waals surface area contributed by atoms with Crippen molar-refractivity contribution < 1.29 is 17.9 Å². The van der Waals surface area contributed by atoms with E-state index in [1.54, 1.807) is 4.90 Å². The molecule has 3 heterocycles. The summed E-state index contributed by atoms with van der Waals surface area (Å²) in [6, 6.07) is 5.96. The zero-order valence-electron chi connectivity index (χ0n) is 14.0. The monoisotopic (exact) mass is 384 g/mol. The summed E-state index contributed by atoms with van der Waals surface area (Å²) in [6.45, 7) is 1.21. The van der Waals surface area contributed by atoms with Crippen LogP contribution in [0.5, 0.6) is 0 Å². The Hall–Kier alpha value is -1.15. The van der Waals surface area contributed by atoms with Gasteiger partial charge in [0.05, 0.1) is 23.6 Å². The number of likely N-dealkylation sites (N-methyl/N-ethyl adjacent to an activating group) is 1. The molecule has 1 aromatic rings. The van der Waals surface area contributed by atoms with Crippen molar-refractivity contribution in [1.29, 1.82) is 0 Å². The van der Waals surface area contributed by atoms with E-state index in [2.05, 4.69) is 0 Å². The summed E-state index contributed by atoms with van der Waals surface area (Å²) >= 11 is 5.81. The number of halogens is 1. The van der Waals surface area contributed by atoms with Crippen molar-refractivity contribution >= 4 is 27.5 Å². The van der Waals surface area contributed by atoms with E-state index in [0.717, 1.165) is 17.1 Å². The van der Waals surface area contributed by atoms with E-state index < -0.39 is 10.0 Å². The molecule has 1 amide bonds. The Labute approximate surface area is 152 Å². The van der Waals surface area contributed by atoms with Gasteiger partial charge in [0.1, 0.15) is 0 Å². The van der Waals surface area contributed by atoms with Gasteiger partial charge in [-0.1, -0.05) is 11.6 Å². The normalized spacial score (nSPS) is 30.9. The number of hydrogen-bond acceptors (Lipinski definition) is 4. The molecule has 136 valence electrons. The average molecular weight is 385 g/mol. The predicted molar refractivity (Wildman–Crippen MR) is 92.7 cm³/mol. The number of nitrogens with zero attached hydrogens (tertiary/aromatic N) is 2. The third-order valence-corrected chi connectivity index (χ3v) is 7.75. The summed E-state index contributed by atoms with van der Waals surface area (Å²) in [5.41, 5.74) is 0. The number of benzene rings is 1. The minimum atomic E-state index is -3.71. The molecule has 2 bridgehead atoms. The van der Waals surface area contributed by atoms with Gasteiger partial charge in [-0.15, -0.1) is 0 Å². The van der Waals surface area contributed by atoms with E-state index in [9.17, 15) is 13.2 Å². The van der Waals surface area contributed by atoms with Gasteiger partial charge < -0.3 is 9.64 Å². The van der Waals surface area contributed by atoms with Crippen LogP contribution in [0.2, 0.25) is 5.02 Å². The fraction of sp³-hybridized carbons (Fsp3) is 0.588. The minimum absolute atomic E-state index is 0.136. The van der Waals surface area contributed by atoms with E-state index in [1.165, 1.54) is 31.3 Å². The Morgan fingerprint density at radius 2 is 1.76 bits per heavy atom. The van der Waals surface area contributed by atoms with Crippen LogP contribution in [0, 0.1) is 11.8 Å².